The van der Waals surface area contributed by atoms with E-state index in [1.165, 1.54) is 21.9 Å². The maximum absolute atomic E-state index is 6.71. The summed E-state index contributed by atoms with van der Waals surface area (Å²) in [4.78, 5) is 2.45. The lowest BCUT2D eigenvalue weighted by Crippen LogP contribution is -2.13. The molecule has 0 aliphatic heterocycles. The SMILES string of the molecule is c1ccc(-c2cccc3cccc(-c4ccccc4N(c4ccccc4-c4ccc5c(c4)oc4ccccc45)c4ccccc4-c4cccc5c4oc4ccccc45)c23)cc1. The maximum Gasteiger partial charge on any atom is 0.143 e. The lowest BCUT2D eigenvalue weighted by Gasteiger charge is -2.32. The van der Waals surface area contributed by atoms with Crippen molar-refractivity contribution in [3.8, 4) is 44.5 Å². The smallest absolute Gasteiger partial charge is 0.143 e. The number of para-hydroxylation sites is 6. The molecule has 2 heterocycles. The summed E-state index contributed by atoms with van der Waals surface area (Å²) >= 11 is 0. The molecule has 0 amide bonds. The van der Waals surface area contributed by atoms with Gasteiger partial charge < -0.3 is 13.7 Å². The molecule has 3 heteroatoms. The third kappa shape index (κ3) is 5.74. The van der Waals surface area contributed by atoms with E-state index in [9.17, 15) is 0 Å². The Morgan fingerprint density at radius 2 is 0.770 bits per heavy atom. The second-order valence-electron chi connectivity index (χ2n) is 15.6. The second-order valence-corrected chi connectivity index (χ2v) is 15.6. The molecule has 0 saturated carbocycles. The quantitative estimate of drug-likeness (QED) is 0.161. The monoisotopic (exact) mass is 779 g/mol. The molecule has 0 spiro atoms. The number of furan rings is 2. The van der Waals surface area contributed by atoms with Crippen LogP contribution in [0, 0.1) is 0 Å². The van der Waals surface area contributed by atoms with Crippen molar-refractivity contribution in [2.75, 3.05) is 4.90 Å². The average Bonchev–Trinajstić information content (AvgIpc) is 3.90. The number of rotatable bonds is 7. The van der Waals surface area contributed by atoms with Gasteiger partial charge in [-0.2, -0.15) is 0 Å². The van der Waals surface area contributed by atoms with Crippen LogP contribution in [0.3, 0.4) is 0 Å². The standard InChI is InChI=1S/C58H37NO2/c1-2-17-38(18-3-1)42-26-14-19-39-20-15-27-48(57(39)42)43-22-5-10-31-52(43)59(51-30-9-4-21-41(51)40-35-36-47-45-24-7-12-33-54(45)60-56(47)37-40)53-32-11-6-23-44(53)49-28-16-29-50-46-25-8-13-34-55(46)61-58(49)50/h1-37H. The fourth-order valence-electron chi connectivity index (χ4n) is 9.37. The van der Waals surface area contributed by atoms with Crippen molar-refractivity contribution in [2.24, 2.45) is 0 Å². The number of fused-ring (bicyclic) bond motifs is 7. The summed E-state index contributed by atoms with van der Waals surface area (Å²) < 4.78 is 13.2. The van der Waals surface area contributed by atoms with Crippen molar-refractivity contribution in [3.63, 3.8) is 0 Å². The Morgan fingerprint density at radius 1 is 0.279 bits per heavy atom. The Bertz CT molecular complexity index is 3610. The van der Waals surface area contributed by atoms with Crippen LogP contribution < -0.4 is 4.90 Å². The van der Waals surface area contributed by atoms with Gasteiger partial charge in [0.25, 0.3) is 0 Å². The summed E-state index contributed by atoms with van der Waals surface area (Å²) in [5.41, 5.74) is 15.5. The highest BCUT2D eigenvalue weighted by molar-refractivity contribution is 6.13. The fourth-order valence-corrected chi connectivity index (χ4v) is 9.37. The van der Waals surface area contributed by atoms with E-state index in [-0.39, 0.29) is 0 Å². The summed E-state index contributed by atoms with van der Waals surface area (Å²) in [5.74, 6) is 0. The van der Waals surface area contributed by atoms with Gasteiger partial charge in [0.1, 0.15) is 22.3 Å². The van der Waals surface area contributed by atoms with Crippen molar-refractivity contribution in [2.45, 2.75) is 0 Å². The molecule has 0 bridgehead atoms. The molecule has 0 fully saturated rings. The van der Waals surface area contributed by atoms with Crippen molar-refractivity contribution >= 4 is 71.7 Å². The molecule has 0 aliphatic carbocycles. The lowest BCUT2D eigenvalue weighted by molar-refractivity contribution is 0.669. The molecule has 12 aromatic rings. The molecule has 0 radical (unpaired) electrons. The van der Waals surface area contributed by atoms with Gasteiger partial charge in [-0.1, -0.05) is 182 Å². The van der Waals surface area contributed by atoms with Crippen LogP contribution in [0.4, 0.5) is 17.1 Å². The molecule has 0 N–H and O–H groups in total. The van der Waals surface area contributed by atoms with E-state index >= 15 is 0 Å². The minimum Gasteiger partial charge on any atom is -0.456 e. The summed E-state index contributed by atoms with van der Waals surface area (Å²) in [7, 11) is 0. The molecule has 2 aromatic heterocycles. The first-order chi connectivity index (χ1) is 30.3. The zero-order valence-corrected chi connectivity index (χ0v) is 33.1. The molecule has 0 unspecified atom stereocenters. The van der Waals surface area contributed by atoms with E-state index in [1.54, 1.807) is 0 Å². The highest BCUT2D eigenvalue weighted by Gasteiger charge is 2.25. The van der Waals surface area contributed by atoms with Crippen molar-refractivity contribution < 1.29 is 8.83 Å². The van der Waals surface area contributed by atoms with E-state index in [4.69, 9.17) is 8.83 Å². The highest BCUT2D eigenvalue weighted by Crippen LogP contribution is 2.50. The molecule has 12 rings (SSSR count). The summed E-state index contributed by atoms with van der Waals surface area (Å²) in [6.45, 7) is 0. The zero-order valence-electron chi connectivity index (χ0n) is 33.1. The lowest BCUT2D eigenvalue weighted by atomic mass is 9.90. The van der Waals surface area contributed by atoms with Gasteiger partial charge >= 0.3 is 0 Å². The van der Waals surface area contributed by atoms with Crippen LogP contribution in [0.1, 0.15) is 0 Å². The number of hydrogen-bond acceptors (Lipinski definition) is 3. The van der Waals surface area contributed by atoms with E-state index < -0.39 is 0 Å². The van der Waals surface area contributed by atoms with Gasteiger partial charge in [0.15, 0.2) is 0 Å². The second kappa shape index (κ2) is 14.3. The molecule has 3 nitrogen and oxygen atoms in total. The molecule has 0 saturated heterocycles. The van der Waals surface area contributed by atoms with Gasteiger partial charge in [0, 0.05) is 43.8 Å². The summed E-state index contributed by atoms with van der Waals surface area (Å²) in [6.07, 6.45) is 0. The first-order valence-electron chi connectivity index (χ1n) is 20.8. The van der Waals surface area contributed by atoms with Gasteiger partial charge in [-0.05, 0) is 75.5 Å². The van der Waals surface area contributed by atoms with Gasteiger partial charge in [0.05, 0.1) is 17.1 Å². The minimum absolute atomic E-state index is 0.863. The van der Waals surface area contributed by atoms with Crippen LogP contribution >= 0.6 is 0 Å². The summed E-state index contributed by atoms with van der Waals surface area (Å²) in [5, 5.41) is 6.83. The molecule has 286 valence electrons. The van der Waals surface area contributed by atoms with Crippen LogP contribution in [0.15, 0.2) is 233 Å². The topological polar surface area (TPSA) is 29.5 Å². The number of anilines is 3. The van der Waals surface area contributed by atoms with E-state index in [0.29, 0.717) is 0 Å². The van der Waals surface area contributed by atoms with Gasteiger partial charge in [-0.3, -0.25) is 0 Å². The largest absolute Gasteiger partial charge is 0.456 e. The number of hydrogen-bond donors (Lipinski definition) is 0. The Kier molecular flexibility index (Phi) is 8.17. The fraction of sp³-hybridized carbons (Fsp3) is 0. The summed E-state index contributed by atoms with van der Waals surface area (Å²) in [6, 6.07) is 80.0. The Morgan fingerprint density at radius 3 is 1.51 bits per heavy atom. The molecular weight excluding hydrogens is 743 g/mol. The predicted octanol–water partition coefficient (Wildman–Crippen LogP) is 16.8. The Balaban J connectivity index is 1.14. The van der Waals surface area contributed by atoms with Crippen LogP contribution in [-0.2, 0) is 0 Å². The van der Waals surface area contributed by atoms with Crippen LogP contribution in [0.5, 0.6) is 0 Å². The van der Waals surface area contributed by atoms with Crippen molar-refractivity contribution in [1.82, 2.24) is 0 Å². The molecule has 10 aromatic carbocycles. The third-order valence-corrected chi connectivity index (χ3v) is 12.1. The van der Waals surface area contributed by atoms with Crippen molar-refractivity contribution in [1.29, 1.82) is 0 Å². The van der Waals surface area contributed by atoms with Gasteiger partial charge in [-0.25, -0.2) is 0 Å². The van der Waals surface area contributed by atoms with Gasteiger partial charge in [-0.15, -0.1) is 0 Å². The molecular formula is C58H37NO2. The normalized spacial score (nSPS) is 11.6. The first kappa shape index (κ1) is 34.9. The molecule has 0 aliphatic rings. The number of benzene rings is 10. The maximum atomic E-state index is 6.71. The highest BCUT2D eigenvalue weighted by atomic mass is 16.3. The van der Waals surface area contributed by atoms with Gasteiger partial charge in [0.2, 0.25) is 0 Å². The van der Waals surface area contributed by atoms with Crippen LogP contribution in [0.2, 0.25) is 0 Å². The average molecular weight is 780 g/mol. The van der Waals surface area contributed by atoms with E-state index in [2.05, 4.69) is 211 Å². The number of nitrogens with zero attached hydrogens (tertiary/aromatic N) is 1. The molecule has 0 atom stereocenters. The first-order valence-corrected chi connectivity index (χ1v) is 20.8. The Labute approximate surface area is 353 Å². The predicted molar refractivity (Wildman–Crippen MR) is 255 cm³/mol. The van der Waals surface area contributed by atoms with E-state index in [0.717, 1.165) is 94.3 Å². The Hall–Kier alpha value is -8.14. The van der Waals surface area contributed by atoms with E-state index in [1.807, 2.05) is 18.2 Å². The zero-order chi connectivity index (χ0) is 40.3. The minimum atomic E-state index is 0.863. The van der Waals surface area contributed by atoms with Crippen LogP contribution in [-0.4, -0.2) is 0 Å². The van der Waals surface area contributed by atoms with Crippen molar-refractivity contribution in [3.05, 3.63) is 224 Å². The third-order valence-electron chi connectivity index (χ3n) is 12.1. The van der Waals surface area contributed by atoms with Crippen LogP contribution in [0.25, 0.3) is 99.2 Å². The molecule has 61 heavy (non-hydrogen) atoms.